The number of carbonyl (C=O) groups excluding carboxylic acids is 18. The molecule has 0 aliphatic carbocycles. The van der Waals surface area contributed by atoms with Crippen LogP contribution in [0.4, 0.5) is 10.1 Å². The maximum absolute atomic E-state index is 15.1. The molecular weight excluding hydrogens is 1610 g/mol. The number of carbonyl (C=O) groups is 20. The van der Waals surface area contributed by atoms with Crippen molar-refractivity contribution in [2.75, 3.05) is 45.3 Å². The van der Waals surface area contributed by atoms with Crippen LogP contribution in [0.25, 0.3) is 10.9 Å². The summed E-state index contributed by atoms with van der Waals surface area (Å²) < 4.78 is 30.0. The van der Waals surface area contributed by atoms with E-state index in [2.05, 4.69) is 70.4 Å². The standard InChI is InChI=1S/C77H104Cl2FN13O26/c1-7-9-11-12-13-14-15-17-63(102)88-54(21-43-31-83-51-19-18-46(80)27-48(43)51)75(114)90-53(30-62(81)101)60(99)22-42(24-67(107)108)71(110)93-68-41(5)119-77(116)55(29-58(97)49-25-45(78)26-50(79)69(49)82-6)91-73(112)47(39(3)20-66(105)106)28-61(100)56(34-94)89-65(104)32-84-74(113)57(36-118-38-96)92-70(109)40(4)86-72(111)44(35-117-37-95)23-59(98)52(16-10-8-2)87-64(103)33-85-76(68)115/h18-19,25-27,31,37-42,44,47,52-57,68,82-83,94H,7-17,20-24,28-30,32-36H2,1-6H3,(H2,81,101)(H,84,113)(H,85,115)(H,86,111)(H,87,103)(H,88,102)(H,89,104)(H,90,114)(H,91,112)(H,92,109)(H,93,110)(H,105,106)(H,107,108)/t39-,40-,41-,42+,44+,47+,52+,53-,54+,55+,56-,57+,68+/m1/s1. The zero-order chi connectivity index (χ0) is 88.8. The monoisotopic (exact) mass is 1720 g/mol. The fourth-order valence-corrected chi connectivity index (χ4v) is 13.4. The first-order valence-corrected chi connectivity index (χ1v) is 39.3. The largest absolute Gasteiger partial charge is 0.481 e. The van der Waals surface area contributed by atoms with Gasteiger partial charge in [0.2, 0.25) is 65.0 Å². The van der Waals surface area contributed by atoms with Gasteiger partial charge >= 0.3 is 17.9 Å². The molecule has 1 aliphatic rings. The number of Topliss-reactive ketones (excluding diaryl/α,β-unsaturated/α-hetero) is 4. The van der Waals surface area contributed by atoms with Gasteiger partial charge in [-0.05, 0) is 68.5 Å². The number of carboxylic acids is 2. The number of anilines is 1. The molecule has 13 atom stereocenters. The van der Waals surface area contributed by atoms with Gasteiger partial charge in [-0.1, -0.05) is 95.3 Å². The summed E-state index contributed by atoms with van der Waals surface area (Å²) in [5.74, 6) is -30.5. The van der Waals surface area contributed by atoms with Crippen LogP contribution in [0.5, 0.6) is 0 Å². The van der Waals surface area contributed by atoms with Crippen molar-refractivity contribution in [3.05, 3.63) is 63.5 Å². The van der Waals surface area contributed by atoms with Crippen LogP contribution in [0.2, 0.25) is 10.0 Å². The highest BCUT2D eigenvalue weighted by Crippen LogP contribution is 2.32. The first kappa shape index (κ1) is 99.8. The summed E-state index contributed by atoms with van der Waals surface area (Å²) in [7, 11) is 1.33. The Morgan fingerprint density at radius 1 is 0.672 bits per heavy atom. The molecule has 1 saturated heterocycles. The van der Waals surface area contributed by atoms with E-state index in [0.29, 0.717) is 35.7 Å². The number of rotatable bonds is 39. The number of ether oxygens (including phenoxy) is 3. The second-order valence-corrected chi connectivity index (χ2v) is 29.5. The maximum atomic E-state index is 15.1. The van der Waals surface area contributed by atoms with Crippen LogP contribution in [-0.4, -0.2) is 234 Å². The lowest BCUT2D eigenvalue weighted by atomic mass is 9.84. The van der Waals surface area contributed by atoms with Gasteiger partial charge < -0.3 is 98.7 Å². The van der Waals surface area contributed by atoms with Crippen LogP contribution in [0, 0.1) is 29.5 Å². The molecule has 0 radical (unpaired) electrons. The molecule has 0 bridgehead atoms. The third kappa shape index (κ3) is 33.8. The van der Waals surface area contributed by atoms with E-state index < -0.39 is 268 Å². The number of aliphatic hydroxyl groups is 1. The van der Waals surface area contributed by atoms with Crippen molar-refractivity contribution in [2.24, 2.45) is 29.4 Å². The van der Waals surface area contributed by atoms with Crippen LogP contribution in [-0.2, 0) is 112 Å². The maximum Gasteiger partial charge on any atom is 0.329 e. The summed E-state index contributed by atoms with van der Waals surface area (Å²) in [5, 5.41) is 56.3. The van der Waals surface area contributed by atoms with Crippen LogP contribution in [0.1, 0.15) is 166 Å². The number of ketones is 4. The highest BCUT2D eigenvalue weighted by Gasteiger charge is 2.41. The average molecular weight is 1720 g/mol. The van der Waals surface area contributed by atoms with Gasteiger partial charge in [-0.25, -0.2) is 9.18 Å². The van der Waals surface area contributed by atoms with Crippen molar-refractivity contribution in [1.82, 2.24) is 58.2 Å². The number of carboxylic acid groups (broad SMARTS) is 2. The van der Waals surface area contributed by atoms with Crippen LogP contribution in [0.3, 0.4) is 0 Å². The lowest BCUT2D eigenvalue weighted by molar-refractivity contribution is -0.156. The van der Waals surface area contributed by atoms with Crippen molar-refractivity contribution in [2.45, 2.75) is 211 Å². The topological polar surface area (TPSA) is 604 Å². The number of aromatic nitrogens is 1. The predicted octanol–water partition coefficient (Wildman–Crippen LogP) is 0.403. The van der Waals surface area contributed by atoms with Crippen molar-refractivity contribution in [3.63, 3.8) is 0 Å². The lowest BCUT2D eigenvalue weighted by Crippen LogP contribution is -2.57. The molecule has 1 aromatic heterocycles. The highest BCUT2D eigenvalue weighted by molar-refractivity contribution is 6.37. The Bertz CT molecular complexity index is 4170. The number of H-pyrrole nitrogens is 1. The number of aliphatic carboxylic acids is 2. The average Bonchev–Trinajstić information content (AvgIpc) is 1.75. The third-order valence-corrected chi connectivity index (χ3v) is 19.8. The fraction of sp³-hybridized carbons (Fsp3) is 0.558. The van der Waals surface area contributed by atoms with Crippen molar-refractivity contribution in [1.29, 1.82) is 0 Å². The summed E-state index contributed by atoms with van der Waals surface area (Å²) in [6, 6.07) is -9.17. The number of esters is 1. The zero-order valence-corrected chi connectivity index (χ0v) is 68.0. The summed E-state index contributed by atoms with van der Waals surface area (Å²) >= 11 is 12.8. The third-order valence-electron chi connectivity index (χ3n) is 19.3. The number of fused-ring (bicyclic) bond motifs is 1. The van der Waals surface area contributed by atoms with E-state index in [1.165, 1.54) is 37.5 Å². The Balaban J connectivity index is 1.91. The first-order chi connectivity index (χ1) is 56.4. The fourth-order valence-electron chi connectivity index (χ4n) is 12.8. The molecule has 1 fully saturated rings. The van der Waals surface area contributed by atoms with E-state index in [9.17, 15) is 111 Å². The minimum absolute atomic E-state index is 0.0588. The Morgan fingerprint density at radius 2 is 1.29 bits per heavy atom. The number of amides is 11. The number of nitrogens with two attached hydrogens (primary N) is 1. The van der Waals surface area contributed by atoms with Gasteiger partial charge in [0.1, 0.15) is 61.4 Å². The number of nitrogens with one attached hydrogen (secondary N) is 12. The van der Waals surface area contributed by atoms with Gasteiger partial charge in [-0.3, -0.25) is 91.1 Å². The molecule has 0 spiro atoms. The molecule has 0 unspecified atom stereocenters. The minimum Gasteiger partial charge on any atom is -0.481 e. The molecule has 42 heteroatoms. The Morgan fingerprint density at radius 3 is 1.91 bits per heavy atom. The van der Waals surface area contributed by atoms with E-state index in [1.54, 1.807) is 6.92 Å². The lowest BCUT2D eigenvalue weighted by Gasteiger charge is -2.29. The molecule has 2 aromatic carbocycles. The van der Waals surface area contributed by atoms with Gasteiger partial charge in [0.25, 0.3) is 12.9 Å². The van der Waals surface area contributed by atoms with Gasteiger partial charge in [-0.15, -0.1) is 0 Å². The van der Waals surface area contributed by atoms with Crippen molar-refractivity contribution in [3.8, 4) is 0 Å². The highest BCUT2D eigenvalue weighted by atomic mass is 35.5. The number of benzene rings is 2. The number of cyclic esters (lactones) is 1. The Hall–Kier alpha value is -11.6. The Labute approximate surface area is 692 Å². The molecule has 17 N–H and O–H groups in total. The second kappa shape index (κ2) is 50.9. The molecule has 3 aromatic rings. The number of primary amides is 1. The van der Waals surface area contributed by atoms with Gasteiger partial charge in [-0.2, -0.15) is 0 Å². The van der Waals surface area contributed by atoms with Gasteiger partial charge in [0.15, 0.2) is 23.1 Å². The summed E-state index contributed by atoms with van der Waals surface area (Å²) in [5.41, 5.74) is 5.93. The molecule has 1 aliphatic heterocycles. The number of aromatic amines is 1. The van der Waals surface area contributed by atoms with E-state index in [-0.39, 0.29) is 59.9 Å². The molecule has 2 heterocycles. The molecule has 654 valence electrons. The second-order valence-electron chi connectivity index (χ2n) is 28.6. The van der Waals surface area contributed by atoms with Crippen LogP contribution in [0.15, 0.2) is 36.5 Å². The zero-order valence-electron chi connectivity index (χ0n) is 66.5. The van der Waals surface area contributed by atoms with Gasteiger partial charge in [0, 0.05) is 85.6 Å². The number of unbranched alkanes of at least 4 members (excludes halogenated alkanes) is 7. The molecule has 4 rings (SSSR count). The quantitative estimate of drug-likeness (QED) is 0.0121. The van der Waals surface area contributed by atoms with E-state index in [1.807, 2.05) is 0 Å². The first-order valence-electron chi connectivity index (χ1n) is 38.5. The molecule has 119 heavy (non-hydrogen) atoms. The molecular formula is C77H104Cl2FN13O26. The normalized spacial score (nSPS) is 21.0. The summed E-state index contributed by atoms with van der Waals surface area (Å²) in [6.45, 7) is 1.59. The van der Waals surface area contributed by atoms with E-state index >= 15 is 4.79 Å². The molecule has 11 amide bonds. The number of aliphatic hydroxyl groups excluding tert-OH is 1. The number of hydrogen-bond donors (Lipinski definition) is 16. The summed E-state index contributed by atoms with van der Waals surface area (Å²) in [4.78, 5) is 278. The Kier molecular flexibility index (Phi) is 42.7. The van der Waals surface area contributed by atoms with Crippen LogP contribution >= 0.6 is 23.2 Å². The number of halogens is 3. The summed E-state index contributed by atoms with van der Waals surface area (Å²) in [6.07, 6.45) is -2.42. The minimum atomic E-state index is -2.40. The number of hydrogen-bond acceptors (Lipinski definition) is 25. The SMILES string of the molecule is CCCCCCCCCC(=O)N[C@@H](Cc1c[nH]c2ccc(F)cc12)C(=O)N[C@H](CC(N)=O)C(=O)C[C@@H](CC(=O)O)C(=O)N[C@@H]1C(=O)NCC(=O)N[C@@H](CCCC)C(=O)C[C@@H](COC=O)C(=O)N[C@H](C)C(=O)N[C@@H](COC=O)C(=O)NCC(=O)N[C@H](CO)C(=O)C[C@@H]([C@H](C)CC(=O)O)C(=O)N[C@@H](CC(=O)c2cc(Cl)cc(Cl)c2NC)C(=O)O[C@@H]1C. The van der Waals surface area contributed by atoms with Gasteiger partial charge in [0.05, 0.1) is 67.2 Å². The predicted molar refractivity (Wildman–Crippen MR) is 420 cm³/mol. The molecule has 0 saturated carbocycles. The smallest absolute Gasteiger partial charge is 0.329 e. The van der Waals surface area contributed by atoms with E-state index in [0.717, 1.165) is 58.9 Å². The van der Waals surface area contributed by atoms with Crippen molar-refractivity contribution >= 4 is 159 Å². The molecule has 39 nitrogen and oxygen atoms in total. The van der Waals surface area contributed by atoms with Crippen LogP contribution < -0.4 is 64.2 Å². The van der Waals surface area contributed by atoms with E-state index in [4.69, 9.17) is 43.1 Å². The van der Waals surface area contributed by atoms with Crippen molar-refractivity contribution < 1.29 is 130 Å².